The summed E-state index contributed by atoms with van der Waals surface area (Å²) < 4.78 is 28.6. The SMILES string of the molecule is Cl.O=S(=O)(NCCC1CCNC1)N1CCCCCC1. The van der Waals surface area contributed by atoms with Gasteiger partial charge in [-0.15, -0.1) is 12.4 Å². The van der Waals surface area contributed by atoms with Gasteiger partial charge in [-0.05, 0) is 44.7 Å². The molecule has 0 amide bonds. The molecule has 1 unspecified atom stereocenters. The molecule has 0 aromatic heterocycles. The first-order chi connectivity index (χ1) is 8.68. The topological polar surface area (TPSA) is 61.4 Å². The van der Waals surface area contributed by atoms with Gasteiger partial charge in [-0.1, -0.05) is 12.8 Å². The van der Waals surface area contributed by atoms with E-state index in [0.29, 0.717) is 25.6 Å². The lowest BCUT2D eigenvalue weighted by molar-refractivity contribution is 0.411. The maximum absolute atomic E-state index is 12.1. The van der Waals surface area contributed by atoms with E-state index >= 15 is 0 Å². The second kappa shape index (κ2) is 8.42. The molecule has 1 atom stereocenters. The summed E-state index contributed by atoms with van der Waals surface area (Å²) in [6.07, 6.45) is 6.41. The van der Waals surface area contributed by atoms with Crippen molar-refractivity contribution in [3.8, 4) is 0 Å². The van der Waals surface area contributed by atoms with Crippen molar-refractivity contribution in [2.45, 2.75) is 38.5 Å². The van der Waals surface area contributed by atoms with E-state index in [2.05, 4.69) is 10.0 Å². The molecule has 0 aromatic rings. The van der Waals surface area contributed by atoms with Crippen molar-refractivity contribution in [1.29, 1.82) is 0 Å². The molecule has 2 aliphatic rings. The number of nitrogens with one attached hydrogen (secondary N) is 2. The molecule has 0 saturated carbocycles. The van der Waals surface area contributed by atoms with Gasteiger partial charge in [0.2, 0.25) is 0 Å². The van der Waals surface area contributed by atoms with Crippen LogP contribution in [0.4, 0.5) is 0 Å². The highest BCUT2D eigenvalue weighted by Gasteiger charge is 2.23. The standard InChI is InChI=1S/C12H25N3O2S.ClH/c16-18(17,15-9-3-1-2-4-10-15)14-8-6-12-5-7-13-11-12;/h12-14H,1-11H2;1H. The minimum atomic E-state index is -3.24. The van der Waals surface area contributed by atoms with Crippen LogP contribution in [0.2, 0.25) is 0 Å². The van der Waals surface area contributed by atoms with Crippen molar-refractivity contribution < 1.29 is 8.42 Å². The van der Waals surface area contributed by atoms with E-state index in [-0.39, 0.29) is 12.4 Å². The third-order valence-corrected chi connectivity index (χ3v) is 5.52. The highest BCUT2D eigenvalue weighted by Crippen LogP contribution is 2.14. The zero-order valence-electron chi connectivity index (χ0n) is 11.4. The van der Waals surface area contributed by atoms with Gasteiger partial charge in [-0.2, -0.15) is 12.7 Å². The average Bonchev–Trinajstić information content (AvgIpc) is 2.68. The zero-order valence-corrected chi connectivity index (χ0v) is 13.1. The first-order valence-corrected chi connectivity index (χ1v) is 8.58. The van der Waals surface area contributed by atoms with E-state index in [9.17, 15) is 8.42 Å². The van der Waals surface area contributed by atoms with Crippen molar-refractivity contribution in [3.63, 3.8) is 0 Å². The lowest BCUT2D eigenvalue weighted by Crippen LogP contribution is -2.41. The predicted molar refractivity (Wildman–Crippen MR) is 79.8 cm³/mol. The molecule has 0 aliphatic carbocycles. The maximum Gasteiger partial charge on any atom is 0.279 e. The number of hydrogen-bond donors (Lipinski definition) is 2. The molecule has 2 N–H and O–H groups in total. The molecule has 0 spiro atoms. The van der Waals surface area contributed by atoms with Crippen LogP contribution in [0, 0.1) is 5.92 Å². The van der Waals surface area contributed by atoms with Crippen LogP contribution in [0.5, 0.6) is 0 Å². The van der Waals surface area contributed by atoms with Gasteiger partial charge in [0.15, 0.2) is 0 Å². The Balaban J connectivity index is 0.00000180. The van der Waals surface area contributed by atoms with Gasteiger partial charge in [-0.25, -0.2) is 4.72 Å². The predicted octanol–water partition coefficient (Wildman–Crippen LogP) is 1.12. The quantitative estimate of drug-likeness (QED) is 0.800. The largest absolute Gasteiger partial charge is 0.316 e. The normalized spacial score (nSPS) is 25.8. The van der Waals surface area contributed by atoms with E-state index in [4.69, 9.17) is 0 Å². The zero-order chi connectivity index (χ0) is 12.8. The molecule has 0 aromatic carbocycles. The van der Waals surface area contributed by atoms with Crippen LogP contribution >= 0.6 is 12.4 Å². The summed E-state index contributed by atoms with van der Waals surface area (Å²) in [7, 11) is -3.24. The molecule has 114 valence electrons. The van der Waals surface area contributed by atoms with Crippen molar-refractivity contribution in [2.24, 2.45) is 5.92 Å². The first-order valence-electron chi connectivity index (χ1n) is 7.14. The molecule has 7 heteroatoms. The Hall–Kier alpha value is 0.120. The fourth-order valence-corrected chi connectivity index (χ4v) is 4.02. The smallest absolute Gasteiger partial charge is 0.279 e. The lowest BCUT2D eigenvalue weighted by atomic mass is 10.1. The Morgan fingerprint density at radius 1 is 1.16 bits per heavy atom. The van der Waals surface area contributed by atoms with Crippen molar-refractivity contribution >= 4 is 22.6 Å². The summed E-state index contributed by atoms with van der Waals surface area (Å²) in [5.41, 5.74) is 0. The molecule has 2 fully saturated rings. The minimum absolute atomic E-state index is 0. The van der Waals surface area contributed by atoms with Crippen molar-refractivity contribution in [3.05, 3.63) is 0 Å². The monoisotopic (exact) mass is 311 g/mol. The van der Waals surface area contributed by atoms with Crippen molar-refractivity contribution in [2.75, 3.05) is 32.7 Å². The Labute approximate surface area is 123 Å². The molecule has 0 radical (unpaired) electrons. The summed E-state index contributed by atoms with van der Waals surface area (Å²) in [5.74, 6) is 0.636. The van der Waals surface area contributed by atoms with Gasteiger partial charge in [0.1, 0.15) is 0 Å². The Morgan fingerprint density at radius 3 is 2.42 bits per heavy atom. The summed E-state index contributed by atoms with van der Waals surface area (Å²) in [5, 5.41) is 3.30. The highest BCUT2D eigenvalue weighted by atomic mass is 35.5. The molecule has 19 heavy (non-hydrogen) atoms. The third kappa shape index (κ3) is 5.55. The van der Waals surface area contributed by atoms with Gasteiger partial charge in [-0.3, -0.25) is 0 Å². The molecule has 2 aliphatic heterocycles. The number of hydrogen-bond acceptors (Lipinski definition) is 3. The van der Waals surface area contributed by atoms with Crippen LogP contribution in [-0.2, 0) is 10.2 Å². The number of rotatable bonds is 5. The molecule has 0 bridgehead atoms. The molecular weight excluding hydrogens is 286 g/mol. The number of halogens is 1. The minimum Gasteiger partial charge on any atom is -0.316 e. The third-order valence-electron chi connectivity index (χ3n) is 3.90. The molecule has 2 rings (SSSR count). The van der Waals surface area contributed by atoms with Gasteiger partial charge in [0, 0.05) is 19.6 Å². The molecular formula is C12H26ClN3O2S. The van der Waals surface area contributed by atoms with Crippen LogP contribution in [-0.4, -0.2) is 45.4 Å². The van der Waals surface area contributed by atoms with Gasteiger partial charge in [0.25, 0.3) is 10.2 Å². The Morgan fingerprint density at radius 2 is 1.84 bits per heavy atom. The van der Waals surface area contributed by atoms with Crippen LogP contribution in [0.15, 0.2) is 0 Å². The second-order valence-corrected chi connectivity index (χ2v) is 7.12. The van der Waals surface area contributed by atoms with E-state index in [1.807, 2.05) is 0 Å². The van der Waals surface area contributed by atoms with E-state index < -0.39 is 10.2 Å². The molecule has 2 heterocycles. The Bertz CT molecular complexity index is 337. The van der Waals surface area contributed by atoms with Crippen LogP contribution in [0.25, 0.3) is 0 Å². The maximum atomic E-state index is 12.1. The van der Waals surface area contributed by atoms with Gasteiger partial charge >= 0.3 is 0 Å². The number of nitrogens with zero attached hydrogens (tertiary/aromatic N) is 1. The molecule has 5 nitrogen and oxygen atoms in total. The van der Waals surface area contributed by atoms with Crippen molar-refractivity contribution in [1.82, 2.24) is 14.3 Å². The second-order valence-electron chi connectivity index (χ2n) is 5.36. The van der Waals surface area contributed by atoms with Crippen LogP contribution in [0.3, 0.4) is 0 Å². The highest BCUT2D eigenvalue weighted by molar-refractivity contribution is 7.87. The first kappa shape index (κ1) is 17.2. The van der Waals surface area contributed by atoms with Gasteiger partial charge in [0.05, 0.1) is 0 Å². The van der Waals surface area contributed by atoms with E-state index in [1.165, 1.54) is 6.42 Å². The van der Waals surface area contributed by atoms with Crippen LogP contribution in [0.1, 0.15) is 38.5 Å². The fraction of sp³-hybridized carbons (Fsp3) is 1.00. The summed E-state index contributed by atoms with van der Waals surface area (Å²) in [4.78, 5) is 0. The van der Waals surface area contributed by atoms with Gasteiger partial charge < -0.3 is 5.32 Å². The fourth-order valence-electron chi connectivity index (χ4n) is 2.73. The Kier molecular flexibility index (Phi) is 7.61. The lowest BCUT2D eigenvalue weighted by Gasteiger charge is -2.20. The molecule has 2 saturated heterocycles. The van der Waals surface area contributed by atoms with E-state index in [1.54, 1.807) is 4.31 Å². The van der Waals surface area contributed by atoms with Crippen LogP contribution < -0.4 is 10.0 Å². The summed E-state index contributed by atoms with van der Waals surface area (Å²) in [6, 6.07) is 0. The average molecular weight is 312 g/mol. The van der Waals surface area contributed by atoms with E-state index in [0.717, 1.165) is 45.2 Å². The summed E-state index contributed by atoms with van der Waals surface area (Å²) in [6.45, 7) is 4.04. The summed E-state index contributed by atoms with van der Waals surface area (Å²) >= 11 is 0.